The number of carbonyl (C=O) groups is 2. The Labute approximate surface area is 177 Å². The molecule has 1 aliphatic rings. The fourth-order valence-electron chi connectivity index (χ4n) is 2.95. The molecule has 0 amide bonds. The lowest BCUT2D eigenvalue weighted by atomic mass is 9.98. The van der Waals surface area contributed by atoms with E-state index in [0.717, 1.165) is 19.3 Å². The fraction of sp³-hybridized carbons (Fsp3) is 0.364. The number of ether oxygens (including phenoxy) is 2. The Hall–Kier alpha value is -2.37. The second kappa shape index (κ2) is 10.8. The van der Waals surface area contributed by atoms with Crippen LogP contribution in [0, 0.1) is 0 Å². The van der Waals surface area contributed by atoms with Crippen LogP contribution >= 0.6 is 12.4 Å². The highest BCUT2D eigenvalue weighted by atomic mass is 35.5. The van der Waals surface area contributed by atoms with E-state index in [2.05, 4.69) is 0 Å². The van der Waals surface area contributed by atoms with Gasteiger partial charge in [0.25, 0.3) is 0 Å². The van der Waals surface area contributed by atoms with E-state index in [1.807, 2.05) is 0 Å². The molecule has 0 unspecified atom stereocenters. The van der Waals surface area contributed by atoms with Crippen LogP contribution in [-0.2, 0) is 4.74 Å². The van der Waals surface area contributed by atoms with Crippen molar-refractivity contribution in [2.75, 3.05) is 33.3 Å². The minimum absolute atomic E-state index is 0. The van der Waals surface area contributed by atoms with Crippen molar-refractivity contribution in [1.82, 2.24) is 4.90 Å². The maximum Gasteiger partial charge on any atom is 0.338 e. The van der Waals surface area contributed by atoms with E-state index in [1.165, 1.54) is 48.4 Å². The summed E-state index contributed by atoms with van der Waals surface area (Å²) < 4.78 is 43.0. The Kier molecular flexibility index (Phi) is 6.41. The number of esters is 1. The quantitative estimate of drug-likeness (QED) is 0.513. The molecule has 5 nitrogen and oxygen atoms in total. The van der Waals surface area contributed by atoms with Gasteiger partial charge in [-0.15, -0.1) is 12.4 Å². The first kappa shape index (κ1) is 16.6. The predicted octanol–water partition coefficient (Wildman–Crippen LogP) is 3.99. The zero-order valence-electron chi connectivity index (χ0n) is 19.6. The number of hydrogen-bond acceptors (Lipinski definition) is 5. The SMILES string of the molecule is Cl.[2H]C([2H])(Oc1ccc(C(=O)c2ccccc2C(=O)OC)cc1)C([2H])([2H])N1CCCCC1. The number of halogens is 1. The number of nitrogens with zero attached hydrogens (tertiary/aromatic N) is 1. The summed E-state index contributed by atoms with van der Waals surface area (Å²) >= 11 is 0. The first-order valence-corrected chi connectivity index (χ1v) is 8.93. The molecular weight excluding hydrogens is 378 g/mol. The van der Waals surface area contributed by atoms with Gasteiger partial charge in [-0.3, -0.25) is 9.69 Å². The third-order valence-corrected chi connectivity index (χ3v) is 4.42. The van der Waals surface area contributed by atoms with Gasteiger partial charge in [0, 0.05) is 20.4 Å². The zero-order valence-corrected chi connectivity index (χ0v) is 16.5. The Morgan fingerprint density at radius 2 is 1.64 bits per heavy atom. The number of likely N-dealkylation sites (tertiary alicyclic amines) is 1. The van der Waals surface area contributed by atoms with Crippen molar-refractivity contribution in [2.45, 2.75) is 19.3 Å². The van der Waals surface area contributed by atoms with E-state index in [9.17, 15) is 9.59 Å². The largest absolute Gasteiger partial charge is 0.492 e. The van der Waals surface area contributed by atoms with E-state index in [1.54, 1.807) is 12.1 Å². The molecule has 0 radical (unpaired) electrons. The van der Waals surface area contributed by atoms with Crippen LogP contribution in [0.25, 0.3) is 0 Å². The summed E-state index contributed by atoms with van der Waals surface area (Å²) in [6, 6.07) is 12.1. The van der Waals surface area contributed by atoms with Crippen LogP contribution in [0.1, 0.15) is 51.0 Å². The highest BCUT2D eigenvalue weighted by Gasteiger charge is 2.18. The molecule has 2 aromatic rings. The average Bonchev–Trinajstić information content (AvgIpc) is 2.78. The number of piperidine rings is 1. The van der Waals surface area contributed by atoms with Crippen LogP contribution in [0.3, 0.4) is 0 Å². The second-order valence-corrected chi connectivity index (χ2v) is 6.25. The molecule has 0 atom stereocenters. The summed E-state index contributed by atoms with van der Waals surface area (Å²) in [5.74, 6) is -0.903. The number of rotatable bonds is 7. The lowest BCUT2D eigenvalue weighted by Crippen LogP contribution is -2.33. The summed E-state index contributed by atoms with van der Waals surface area (Å²) in [5.41, 5.74) is 0.629. The van der Waals surface area contributed by atoms with Gasteiger partial charge in [0.05, 0.1) is 15.4 Å². The smallest absolute Gasteiger partial charge is 0.338 e. The van der Waals surface area contributed by atoms with Crippen molar-refractivity contribution in [3.05, 3.63) is 65.2 Å². The first-order chi connectivity index (χ1) is 14.7. The summed E-state index contributed by atoms with van der Waals surface area (Å²) in [6.07, 6.45) is 2.64. The molecule has 1 saturated heterocycles. The average molecular weight is 408 g/mol. The maximum absolute atomic E-state index is 12.9. The standard InChI is InChI=1S/C22H25NO4.ClH/c1-26-22(25)20-8-4-3-7-19(20)21(24)17-9-11-18(12-10-17)27-16-15-23-13-5-2-6-14-23;/h3-4,7-12H,2,5-6,13-16H2,1H3;1H/i15D2,16D2;. The molecule has 1 heterocycles. The topological polar surface area (TPSA) is 55.8 Å². The van der Waals surface area contributed by atoms with E-state index in [-0.39, 0.29) is 40.6 Å². The van der Waals surface area contributed by atoms with Crippen LogP contribution in [0.2, 0.25) is 0 Å². The van der Waals surface area contributed by atoms with E-state index in [0.29, 0.717) is 13.1 Å². The molecule has 0 aliphatic carbocycles. The Morgan fingerprint density at radius 1 is 1.00 bits per heavy atom. The number of benzene rings is 2. The molecular formula is C22H26ClNO4. The number of hydrogen-bond donors (Lipinski definition) is 0. The van der Waals surface area contributed by atoms with E-state index < -0.39 is 19.0 Å². The first-order valence-electron chi connectivity index (χ1n) is 10.9. The van der Waals surface area contributed by atoms with Gasteiger partial charge in [-0.05, 0) is 56.3 Å². The Balaban J connectivity index is 0.00000363. The molecule has 3 rings (SSSR count). The minimum atomic E-state index is -2.59. The molecule has 0 bridgehead atoms. The van der Waals surface area contributed by atoms with Crippen LogP contribution in [-0.4, -0.2) is 49.9 Å². The van der Waals surface area contributed by atoms with Crippen molar-refractivity contribution in [1.29, 1.82) is 0 Å². The van der Waals surface area contributed by atoms with Crippen LogP contribution < -0.4 is 4.74 Å². The van der Waals surface area contributed by atoms with Crippen molar-refractivity contribution in [2.24, 2.45) is 0 Å². The van der Waals surface area contributed by atoms with Crippen LogP contribution in [0.4, 0.5) is 0 Å². The lowest BCUT2D eigenvalue weighted by molar-refractivity contribution is 0.0597. The normalized spacial score (nSPS) is 17.2. The lowest BCUT2D eigenvalue weighted by Gasteiger charge is -2.26. The zero-order chi connectivity index (χ0) is 22.6. The summed E-state index contributed by atoms with van der Waals surface area (Å²) in [5, 5.41) is 0. The van der Waals surface area contributed by atoms with E-state index >= 15 is 0 Å². The van der Waals surface area contributed by atoms with Gasteiger partial charge in [0.2, 0.25) is 0 Å². The number of ketones is 1. The summed E-state index contributed by atoms with van der Waals surface area (Å²) in [4.78, 5) is 26.3. The molecule has 0 aromatic heterocycles. The molecule has 1 fully saturated rings. The molecule has 0 spiro atoms. The molecule has 0 saturated carbocycles. The van der Waals surface area contributed by atoms with Gasteiger partial charge in [-0.1, -0.05) is 24.6 Å². The van der Waals surface area contributed by atoms with Gasteiger partial charge in [-0.25, -0.2) is 4.79 Å². The third-order valence-electron chi connectivity index (χ3n) is 4.42. The molecule has 150 valence electrons. The second-order valence-electron chi connectivity index (χ2n) is 6.25. The predicted molar refractivity (Wildman–Crippen MR) is 111 cm³/mol. The number of carbonyl (C=O) groups excluding carboxylic acids is 2. The van der Waals surface area contributed by atoms with Crippen molar-refractivity contribution >= 4 is 24.2 Å². The highest BCUT2D eigenvalue weighted by Crippen LogP contribution is 2.19. The van der Waals surface area contributed by atoms with Crippen LogP contribution in [0.5, 0.6) is 5.75 Å². The highest BCUT2D eigenvalue weighted by molar-refractivity contribution is 6.14. The van der Waals surface area contributed by atoms with Gasteiger partial charge in [-0.2, -0.15) is 0 Å². The van der Waals surface area contributed by atoms with Crippen molar-refractivity contribution in [3.8, 4) is 5.75 Å². The molecule has 6 heteroatoms. The summed E-state index contributed by atoms with van der Waals surface area (Å²) in [7, 11) is 1.24. The van der Waals surface area contributed by atoms with Gasteiger partial charge >= 0.3 is 5.97 Å². The number of methoxy groups -OCH3 is 1. The van der Waals surface area contributed by atoms with E-state index in [4.69, 9.17) is 15.0 Å². The van der Waals surface area contributed by atoms with Crippen molar-refractivity contribution < 1.29 is 24.5 Å². The Bertz CT molecular complexity index is 947. The fourth-order valence-corrected chi connectivity index (χ4v) is 2.95. The molecule has 2 aromatic carbocycles. The third kappa shape index (κ3) is 5.57. The molecule has 1 aliphatic heterocycles. The van der Waals surface area contributed by atoms with Crippen LogP contribution in [0.15, 0.2) is 48.5 Å². The maximum atomic E-state index is 12.9. The molecule has 28 heavy (non-hydrogen) atoms. The van der Waals surface area contributed by atoms with Gasteiger partial charge in [0.1, 0.15) is 12.3 Å². The Morgan fingerprint density at radius 3 is 2.29 bits per heavy atom. The monoisotopic (exact) mass is 407 g/mol. The minimum Gasteiger partial charge on any atom is -0.492 e. The van der Waals surface area contributed by atoms with Crippen molar-refractivity contribution in [3.63, 3.8) is 0 Å². The molecule has 0 N–H and O–H groups in total. The van der Waals surface area contributed by atoms with Gasteiger partial charge in [0.15, 0.2) is 5.78 Å². The van der Waals surface area contributed by atoms with Gasteiger partial charge < -0.3 is 9.47 Å². The summed E-state index contributed by atoms with van der Waals surface area (Å²) in [6.45, 7) is -3.94.